The van der Waals surface area contributed by atoms with E-state index in [-0.39, 0.29) is 24.2 Å². The number of carbonyl (C=O) groups excluding carboxylic acids is 1. The summed E-state index contributed by atoms with van der Waals surface area (Å²) in [6.45, 7) is 10.1. The normalized spacial score (nSPS) is 17.3. The predicted octanol–water partition coefficient (Wildman–Crippen LogP) is 4.42. The van der Waals surface area contributed by atoms with Crippen LogP contribution in [0.2, 0.25) is 0 Å². The highest BCUT2D eigenvalue weighted by Gasteiger charge is 2.34. The van der Waals surface area contributed by atoms with E-state index in [0.29, 0.717) is 6.42 Å². The lowest BCUT2D eigenvalue weighted by molar-refractivity contribution is -0.124. The van der Waals surface area contributed by atoms with E-state index in [9.17, 15) is 4.79 Å². The Morgan fingerprint density at radius 1 is 1.21 bits per heavy atom. The molecule has 150 valence electrons. The lowest BCUT2D eigenvalue weighted by atomic mass is 9.89. The van der Waals surface area contributed by atoms with Crippen LogP contribution < -0.4 is 19.5 Å². The van der Waals surface area contributed by atoms with E-state index in [2.05, 4.69) is 11.4 Å². The summed E-state index contributed by atoms with van der Waals surface area (Å²) in [6.07, 6.45) is 0.668. The molecule has 3 rings (SSSR count). The summed E-state index contributed by atoms with van der Waals surface area (Å²) in [4.78, 5) is 12.6. The van der Waals surface area contributed by atoms with Crippen molar-refractivity contribution in [3.63, 3.8) is 0 Å². The molecule has 5 nitrogen and oxygen atoms in total. The van der Waals surface area contributed by atoms with E-state index in [4.69, 9.17) is 14.2 Å². The van der Waals surface area contributed by atoms with Gasteiger partial charge in [-0.3, -0.25) is 4.79 Å². The van der Waals surface area contributed by atoms with Gasteiger partial charge in [-0.25, -0.2) is 0 Å². The molecular weight excluding hydrogens is 354 g/mol. The van der Waals surface area contributed by atoms with Crippen LogP contribution in [0.3, 0.4) is 0 Å². The van der Waals surface area contributed by atoms with Gasteiger partial charge in [0.05, 0.1) is 13.2 Å². The average molecular weight is 383 g/mol. The summed E-state index contributed by atoms with van der Waals surface area (Å²) < 4.78 is 17.2. The molecule has 0 saturated carbocycles. The Morgan fingerprint density at radius 3 is 2.68 bits per heavy atom. The average Bonchev–Trinajstić information content (AvgIpc) is 2.62. The number of rotatable bonds is 5. The van der Waals surface area contributed by atoms with Gasteiger partial charge in [0.2, 0.25) is 0 Å². The van der Waals surface area contributed by atoms with Crippen molar-refractivity contribution in [3.05, 3.63) is 52.6 Å². The van der Waals surface area contributed by atoms with Crippen molar-refractivity contribution in [2.75, 3.05) is 13.7 Å². The molecular formula is C23H29NO4. The van der Waals surface area contributed by atoms with Gasteiger partial charge in [-0.05, 0) is 75.6 Å². The Hall–Kier alpha value is -2.69. The maximum atomic E-state index is 12.6. The SMILES string of the molecule is COc1ccc2c(c1)[C@H](NC(=O)COc1cc(C)cc(C)c1C)CC(C)(C)O2. The molecule has 0 spiro atoms. The van der Waals surface area contributed by atoms with Crippen LogP contribution in [0.25, 0.3) is 0 Å². The van der Waals surface area contributed by atoms with Crippen molar-refractivity contribution in [2.24, 2.45) is 0 Å². The zero-order chi connectivity index (χ0) is 20.5. The third-order valence-corrected chi connectivity index (χ3v) is 5.13. The van der Waals surface area contributed by atoms with Crippen LogP contribution in [0.4, 0.5) is 0 Å². The van der Waals surface area contributed by atoms with Gasteiger partial charge in [-0.15, -0.1) is 0 Å². The molecule has 0 saturated heterocycles. The van der Waals surface area contributed by atoms with E-state index < -0.39 is 0 Å². The van der Waals surface area contributed by atoms with Gasteiger partial charge >= 0.3 is 0 Å². The summed E-state index contributed by atoms with van der Waals surface area (Å²) in [5, 5.41) is 3.10. The molecule has 1 atom stereocenters. The standard InChI is InChI=1S/C23H29NO4/c1-14-9-15(2)16(3)21(10-14)27-13-22(25)24-19-12-23(4,5)28-20-8-7-17(26-6)11-18(19)20/h7-11,19H,12-13H2,1-6H3,(H,24,25)/t19-/m1/s1. The maximum absolute atomic E-state index is 12.6. The first kappa shape index (κ1) is 20.1. The Labute approximate surface area is 167 Å². The first-order valence-electron chi connectivity index (χ1n) is 9.55. The number of ether oxygens (including phenoxy) is 3. The lowest BCUT2D eigenvalue weighted by Crippen LogP contribution is -2.42. The molecule has 0 unspecified atom stereocenters. The van der Waals surface area contributed by atoms with Gasteiger partial charge in [0, 0.05) is 12.0 Å². The van der Waals surface area contributed by atoms with Gasteiger partial charge in [0.25, 0.3) is 5.91 Å². The van der Waals surface area contributed by atoms with E-state index >= 15 is 0 Å². The largest absolute Gasteiger partial charge is 0.497 e. The number of benzene rings is 2. The molecule has 1 aliphatic rings. The number of amides is 1. The highest BCUT2D eigenvalue weighted by atomic mass is 16.5. The van der Waals surface area contributed by atoms with Crippen LogP contribution in [0.1, 0.15) is 48.6 Å². The minimum Gasteiger partial charge on any atom is -0.497 e. The minimum atomic E-state index is -0.370. The van der Waals surface area contributed by atoms with Crippen LogP contribution in [-0.4, -0.2) is 25.2 Å². The second kappa shape index (κ2) is 7.74. The Bertz CT molecular complexity index is 888. The number of hydrogen-bond donors (Lipinski definition) is 1. The minimum absolute atomic E-state index is 0.0270. The molecule has 0 radical (unpaired) electrons. The number of fused-ring (bicyclic) bond motifs is 1. The summed E-state index contributed by atoms with van der Waals surface area (Å²) in [6, 6.07) is 9.59. The molecule has 0 fully saturated rings. The number of methoxy groups -OCH3 is 1. The fourth-order valence-corrected chi connectivity index (χ4v) is 3.62. The monoisotopic (exact) mass is 383 g/mol. The van der Waals surface area contributed by atoms with Gasteiger partial charge in [0.1, 0.15) is 22.8 Å². The fraction of sp³-hybridized carbons (Fsp3) is 0.435. The van der Waals surface area contributed by atoms with E-state index in [1.165, 1.54) is 0 Å². The Kier molecular flexibility index (Phi) is 5.54. The van der Waals surface area contributed by atoms with E-state index in [1.807, 2.05) is 58.9 Å². The summed E-state index contributed by atoms with van der Waals surface area (Å²) in [5.41, 5.74) is 3.88. The maximum Gasteiger partial charge on any atom is 0.258 e. The Morgan fingerprint density at radius 2 is 1.96 bits per heavy atom. The highest BCUT2D eigenvalue weighted by molar-refractivity contribution is 5.78. The zero-order valence-electron chi connectivity index (χ0n) is 17.5. The molecule has 2 aromatic rings. The van der Waals surface area contributed by atoms with Crippen LogP contribution in [0.15, 0.2) is 30.3 Å². The number of nitrogens with one attached hydrogen (secondary N) is 1. The molecule has 0 bridgehead atoms. The van der Waals surface area contributed by atoms with Crippen molar-refractivity contribution in [1.29, 1.82) is 0 Å². The molecule has 28 heavy (non-hydrogen) atoms. The molecule has 1 aliphatic heterocycles. The molecule has 1 amide bonds. The number of hydrogen-bond acceptors (Lipinski definition) is 4. The van der Waals surface area contributed by atoms with Crippen molar-refractivity contribution in [1.82, 2.24) is 5.32 Å². The molecule has 5 heteroatoms. The quantitative estimate of drug-likeness (QED) is 0.830. The van der Waals surface area contributed by atoms with Crippen molar-refractivity contribution < 1.29 is 19.0 Å². The lowest BCUT2D eigenvalue weighted by Gasteiger charge is -2.38. The van der Waals surface area contributed by atoms with Crippen LogP contribution >= 0.6 is 0 Å². The topological polar surface area (TPSA) is 56.8 Å². The number of aryl methyl sites for hydroxylation is 2. The first-order chi connectivity index (χ1) is 13.2. The molecule has 0 aliphatic carbocycles. The molecule has 0 aromatic heterocycles. The highest BCUT2D eigenvalue weighted by Crippen LogP contribution is 2.41. The second-order valence-corrected chi connectivity index (χ2v) is 8.08. The first-order valence-corrected chi connectivity index (χ1v) is 9.55. The van der Waals surface area contributed by atoms with Crippen LogP contribution in [-0.2, 0) is 4.79 Å². The molecule has 1 N–H and O–H groups in total. The molecule has 2 aromatic carbocycles. The van der Waals surface area contributed by atoms with Gasteiger partial charge in [-0.2, -0.15) is 0 Å². The fourth-order valence-electron chi connectivity index (χ4n) is 3.62. The summed E-state index contributed by atoms with van der Waals surface area (Å²) >= 11 is 0. The summed E-state index contributed by atoms with van der Waals surface area (Å²) in [7, 11) is 1.63. The smallest absolute Gasteiger partial charge is 0.258 e. The predicted molar refractivity (Wildman–Crippen MR) is 109 cm³/mol. The number of carbonyl (C=O) groups is 1. The molecule has 1 heterocycles. The van der Waals surface area contributed by atoms with Crippen molar-refractivity contribution in [3.8, 4) is 17.2 Å². The third-order valence-electron chi connectivity index (χ3n) is 5.13. The Balaban J connectivity index is 1.73. The van der Waals surface area contributed by atoms with Crippen molar-refractivity contribution >= 4 is 5.91 Å². The summed E-state index contributed by atoms with van der Waals surface area (Å²) in [5.74, 6) is 2.11. The van der Waals surface area contributed by atoms with E-state index in [1.54, 1.807) is 7.11 Å². The third kappa shape index (κ3) is 4.41. The van der Waals surface area contributed by atoms with Gasteiger partial charge in [-0.1, -0.05) is 6.07 Å². The zero-order valence-corrected chi connectivity index (χ0v) is 17.5. The van der Waals surface area contributed by atoms with Gasteiger partial charge < -0.3 is 19.5 Å². The second-order valence-electron chi connectivity index (χ2n) is 8.08. The van der Waals surface area contributed by atoms with Crippen LogP contribution in [0, 0.1) is 20.8 Å². The van der Waals surface area contributed by atoms with Crippen molar-refractivity contribution in [2.45, 2.75) is 52.7 Å². The van der Waals surface area contributed by atoms with E-state index in [0.717, 1.165) is 39.5 Å². The van der Waals surface area contributed by atoms with Crippen LogP contribution in [0.5, 0.6) is 17.2 Å². The van der Waals surface area contributed by atoms with Gasteiger partial charge in [0.15, 0.2) is 6.61 Å².